The van der Waals surface area contributed by atoms with Crippen LogP contribution in [-0.4, -0.2) is 11.7 Å². The van der Waals surface area contributed by atoms with E-state index >= 15 is 0 Å². The van der Waals surface area contributed by atoms with Gasteiger partial charge < -0.3 is 10.1 Å². The normalized spacial score (nSPS) is 17.7. The van der Waals surface area contributed by atoms with Crippen LogP contribution in [-0.2, 0) is 10.3 Å². The van der Waals surface area contributed by atoms with E-state index in [1.807, 2.05) is 45.0 Å². The first-order valence-electron chi connectivity index (χ1n) is 6.39. The zero-order valence-corrected chi connectivity index (χ0v) is 11.2. The highest BCUT2D eigenvalue weighted by molar-refractivity contribution is 5.69. The van der Waals surface area contributed by atoms with E-state index in [1.54, 1.807) is 0 Å². The second kappa shape index (κ2) is 4.63. The number of ether oxygens (including phenoxy) is 1. The van der Waals surface area contributed by atoms with Crippen molar-refractivity contribution in [3.8, 4) is 0 Å². The Morgan fingerprint density at radius 1 is 1.33 bits per heavy atom. The fourth-order valence-corrected chi connectivity index (χ4v) is 2.22. The van der Waals surface area contributed by atoms with Gasteiger partial charge in [-0.3, -0.25) is 0 Å². The number of carbonyl (C=O) groups is 1. The second-order valence-corrected chi connectivity index (χ2v) is 5.85. The van der Waals surface area contributed by atoms with Crippen LogP contribution in [0.2, 0.25) is 0 Å². The van der Waals surface area contributed by atoms with Gasteiger partial charge in [0.05, 0.1) is 5.54 Å². The van der Waals surface area contributed by atoms with Gasteiger partial charge in [0.2, 0.25) is 0 Å². The molecule has 1 saturated carbocycles. The molecule has 3 heteroatoms. The third-order valence-electron chi connectivity index (χ3n) is 3.22. The molecule has 0 aromatic heterocycles. The first-order chi connectivity index (χ1) is 8.41. The summed E-state index contributed by atoms with van der Waals surface area (Å²) in [7, 11) is 0. The zero-order chi connectivity index (χ0) is 13.2. The molecule has 1 aliphatic rings. The van der Waals surface area contributed by atoms with Crippen LogP contribution in [0.3, 0.4) is 0 Å². The summed E-state index contributed by atoms with van der Waals surface area (Å²) in [6, 6.07) is 10.8. The van der Waals surface area contributed by atoms with Gasteiger partial charge >= 0.3 is 6.09 Å². The molecule has 0 saturated heterocycles. The summed E-state index contributed by atoms with van der Waals surface area (Å²) in [6.45, 7) is 5.62. The minimum absolute atomic E-state index is 0.239. The van der Waals surface area contributed by atoms with Crippen molar-refractivity contribution in [3.63, 3.8) is 0 Å². The lowest BCUT2D eigenvalue weighted by atomic mass is 9.72. The Balaban J connectivity index is 2.08. The molecule has 0 spiro atoms. The molecule has 1 N–H and O–H groups in total. The molecule has 2 rings (SSSR count). The van der Waals surface area contributed by atoms with Gasteiger partial charge in [0.25, 0.3) is 0 Å². The number of nitrogens with one attached hydrogen (secondary N) is 1. The third kappa shape index (κ3) is 2.84. The van der Waals surface area contributed by atoms with Crippen molar-refractivity contribution in [2.45, 2.75) is 51.2 Å². The van der Waals surface area contributed by atoms with Crippen molar-refractivity contribution in [1.29, 1.82) is 0 Å². The Kier molecular flexibility index (Phi) is 3.33. The summed E-state index contributed by atoms with van der Waals surface area (Å²) in [4.78, 5) is 11.9. The van der Waals surface area contributed by atoms with Gasteiger partial charge in [-0.15, -0.1) is 0 Å². The van der Waals surface area contributed by atoms with Gasteiger partial charge in [0.1, 0.15) is 5.60 Å². The standard InChI is InChI=1S/C15H20NO2/c1-14(2,3)18-13(17)16-15(10-7-11-15)12-8-5-4-6-9-12/h5-6,8-9H,7,10-11H2,1-3H3,(H,16,17). The molecule has 97 valence electrons. The number of amides is 1. The number of alkyl carbamates (subject to hydrolysis) is 1. The monoisotopic (exact) mass is 246 g/mol. The summed E-state index contributed by atoms with van der Waals surface area (Å²) in [5, 5.41) is 3.03. The fraction of sp³-hybridized carbons (Fsp3) is 0.533. The van der Waals surface area contributed by atoms with E-state index in [1.165, 1.54) is 0 Å². The highest BCUT2D eigenvalue weighted by Crippen LogP contribution is 2.41. The van der Waals surface area contributed by atoms with E-state index in [9.17, 15) is 4.79 Å². The van der Waals surface area contributed by atoms with Crippen molar-refractivity contribution in [3.05, 3.63) is 35.9 Å². The molecule has 1 aliphatic carbocycles. The first-order valence-corrected chi connectivity index (χ1v) is 6.39. The van der Waals surface area contributed by atoms with Crippen LogP contribution in [0.15, 0.2) is 24.3 Å². The van der Waals surface area contributed by atoms with Crippen LogP contribution in [0, 0.1) is 6.07 Å². The summed E-state index contributed by atoms with van der Waals surface area (Å²) < 4.78 is 5.33. The third-order valence-corrected chi connectivity index (χ3v) is 3.22. The number of hydrogen-bond donors (Lipinski definition) is 1. The molecule has 1 fully saturated rings. The summed E-state index contributed by atoms with van der Waals surface area (Å²) in [5.74, 6) is 0. The number of benzene rings is 1. The average Bonchev–Trinajstić information content (AvgIpc) is 2.22. The molecule has 3 nitrogen and oxygen atoms in total. The molecule has 0 heterocycles. The van der Waals surface area contributed by atoms with E-state index in [2.05, 4.69) is 11.4 Å². The molecule has 18 heavy (non-hydrogen) atoms. The molecule has 0 bridgehead atoms. The summed E-state index contributed by atoms with van der Waals surface area (Å²) >= 11 is 0. The van der Waals surface area contributed by atoms with Crippen LogP contribution in [0.4, 0.5) is 4.79 Å². The quantitative estimate of drug-likeness (QED) is 0.868. The SMILES string of the molecule is CC(C)(C)OC(=O)NC1(c2cc[c]cc2)CCC1. The van der Waals surface area contributed by atoms with E-state index in [-0.39, 0.29) is 11.6 Å². The van der Waals surface area contributed by atoms with Gasteiger partial charge in [-0.25, -0.2) is 4.79 Å². The molecule has 1 aromatic rings. The number of rotatable bonds is 2. The largest absolute Gasteiger partial charge is 0.444 e. The minimum atomic E-state index is -0.459. The molecule has 1 radical (unpaired) electrons. The molecule has 1 aromatic carbocycles. The Bertz CT molecular complexity index is 416. The van der Waals surface area contributed by atoms with E-state index in [0.717, 1.165) is 24.8 Å². The topological polar surface area (TPSA) is 38.3 Å². The fourth-order valence-electron chi connectivity index (χ4n) is 2.22. The van der Waals surface area contributed by atoms with Gasteiger partial charge in [-0.2, -0.15) is 0 Å². The zero-order valence-electron chi connectivity index (χ0n) is 11.2. The lowest BCUT2D eigenvalue weighted by Crippen LogP contribution is -2.52. The molecule has 0 aliphatic heterocycles. The number of carbonyl (C=O) groups excluding carboxylic acids is 1. The van der Waals surface area contributed by atoms with Crippen molar-refractivity contribution in [2.75, 3.05) is 0 Å². The molecular formula is C15H20NO2. The van der Waals surface area contributed by atoms with Crippen LogP contribution in [0.1, 0.15) is 45.6 Å². The predicted molar refractivity (Wildman–Crippen MR) is 70.2 cm³/mol. The Morgan fingerprint density at radius 2 is 1.94 bits per heavy atom. The van der Waals surface area contributed by atoms with Crippen LogP contribution in [0.5, 0.6) is 0 Å². The maximum absolute atomic E-state index is 11.9. The van der Waals surface area contributed by atoms with E-state index in [4.69, 9.17) is 4.74 Å². The Labute approximate surface area is 109 Å². The average molecular weight is 246 g/mol. The summed E-state index contributed by atoms with van der Waals surface area (Å²) in [5.41, 5.74) is 0.440. The van der Waals surface area contributed by atoms with Crippen molar-refractivity contribution in [2.24, 2.45) is 0 Å². The molecule has 0 atom stereocenters. The summed E-state index contributed by atoms with van der Waals surface area (Å²) in [6.07, 6.45) is 2.73. The Hall–Kier alpha value is -1.51. The molecular weight excluding hydrogens is 226 g/mol. The van der Waals surface area contributed by atoms with Crippen molar-refractivity contribution in [1.82, 2.24) is 5.32 Å². The van der Waals surface area contributed by atoms with E-state index < -0.39 is 5.60 Å². The van der Waals surface area contributed by atoms with Crippen LogP contribution >= 0.6 is 0 Å². The predicted octanol–water partition coefficient (Wildman–Crippen LogP) is 3.39. The molecule has 0 unspecified atom stereocenters. The Morgan fingerprint density at radius 3 is 2.39 bits per heavy atom. The first kappa shape index (κ1) is 12.9. The lowest BCUT2D eigenvalue weighted by molar-refractivity contribution is 0.0377. The van der Waals surface area contributed by atoms with E-state index in [0.29, 0.717) is 0 Å². The lowest BCUT2D eigenvalue weighted by Gasteiger charge is -2.43. The van der Waals surface area contributed by atoms with Gasteiger partial charge in [-0.1, -0.05) is 24.3 Å². The van der Waals surface area contributed by atoms with Gasteiger partial charge in [-0.05, 0) is 51.7 Å². The minimum Gasteiger partial charge on any atom is -0.444 e. The van der Waals surface area contributed by atoms with Crippen LogP contribution in [0.25, 0.3) is 0 Å². The highest BCUT2D eigenvalue weighted by atomic mass is 16.6. The maximum atomic E-state index is 11.9. The maximum Gasteiger partial charge on any atom is 0.408 e. The number of hydrogen-bond acceptors (Lipinski definition) is 2. The highest BCUT2D eigenvalue weighted by Gasteiger charge is 2.40. The van der Waals surface area contributed by atoms with Crippen LogP contribution < -0.4 is 5.32 Å². The van der Waals surface area contributed by atoms with Crippen molar-refractivity contribution >= 4 is 6.09 Å². The second-order valence-electron chi connectivity index (χ2n) is 5.85. The smallest absolute Gasteiger partial charge is 0.408 e. The molecule has 1 amide bonds. The van der Waals surface area contributed by atoms with Gasteiger partial charge in [0.15, 0.2) is 0 Å². The van der Waals surface area contributed by atoms with Crippen molar-refractivity contribution < 1.29 is 9.53 Å². The van der Waals surface area contributed by atoms with Gasteiger partial charge in [0, 0.05) is 0 Å².